The molecule has 1 N–H and O–H groups in total. The van der Waals surface area contributed by atoms with Gasteiger partial charge in [0.05, 0.1) is 12.7 Å². The number of carbonyl (C=O) groups excluding carboxylic acids is 2. The van der Waals surface area contributed by atoms with Crippen molar-refractivity contribution in [2.75, 3.05) is 32.8 Å². The molecule has 6 heteroatoms. The molecule has 42 heavy (non-hydrogen) atoms. The average Bonchev–Trinajstić information content (AvgIpc) is 3.32. The lowest BCUT2D eigenvalue weighted by molar-refractivity contribution is -0.167. The monoisotopic (exact) mass is 582 g/mol. The molecule has 0 radical (unpaired) electrons. The van der Waals surface area contributed by atoms with E-state index >= 15 is 0 Å². The van der Waals surface area contributed by atoms with E-state index in [-0.39, 0.29) is 12.0 Å². The summed E-state index contributed by atoms with van der Waals surface area (Å²) in [5.74, 6) is 4.62. The number of piperidine rings is 1. The molecule has 0 aromatic carbocycles. The van der Waals surface area contributed by atoms with Crippen molar-refractivity contribution in [3.63, 3.8) is 0 Å². The van der Waals surface area contributed by atoms with E-state index in [9.17, 15) is 14.7 Å². The minimum absolute atomic E-state index is 0.102. The molecule has 0 aromatic heterocycles. The first-order chi connectivity index (χ1) is 19.9. The molecular formula is C36H58N2O4. The van der Waals surface area contributed by atoms with Gasteiger partial charge in [0, 0.05) is 32.6 Å². The van der Waals surface area contributed by atoms with Gasteiger partial charge in [0.15, 0.2) is 0 Å². The number of aliphatic hydroxyl groups is 1. The van der Waals surface area contributed by atoms with E-state index in [1.54, 1.807) is 5.57 Å². The average molecular weight is 583 g/mol. The van der Waals surface area contributed by atoms with Crippen molar-refractivity contribution in [3.05, 3.63) is 11.6 Å². The third kappa shape index (κ3) is 5.39. The second-order valence-electron chi connectivity index (χ2n) is 16.3. The van der Waals surface area contributed by atoms with Crippen molar-refractivity contribution in [1.29, 1.82) is 0 Å². The molecule has 3 saturated carbocycles. The number of ether oxygens (including phenoxy) is 1. The van der Waals surface area contributed by atoms with E-state index in [4.69, 9.17) is 4.74 Å². The molecular weight excluding hydrogens is 524 g/mol. The van der Waals surface area contributed by atoms with Gasteiger partial charge in [-0.25, -0.2) is 0 Å². The molecule has 5 fully saturated rings. The number of amides is 2. The molecule has 0 bridgehead atoms. The molecule has 2 aliphatic heterocycles. The van der Waals surface area contributed by atoms with Crippen LogP contribution in [0.4, 0.5) is 0 Å². The van der Waals surface area contributed by atoms with Gasteiger partial charge >= 0.3 is 0 Å². The predicted molar refractivity (Wildman–Crippen MR) is 166 cm³/mol. The van der Waals surface area contributed by atoms with Gasteiger partial charge in [0.2, 0.25) is 5.91 Å². The summed E-state index contributed by atoms with van der Waals surface area (Å²) < 4.78 is 5.66. The Kier molecular flexibility index (Phi) is 8.39. The number of likely N-dealkylation sites (tertiary alicyclic amines) is 1. The van der Waals surface area contributed by atoms with Crippen LogP contribution in [-0.2, 0) is 14.3 Å². The van der Waals surface area contributed by atoms with Crippen LogP contribution in [0.15, 0.2) is 11.6 Å². The van der Waals surface area contributed by atoms with Crippen LogP contribution in [0.1, 0.15) is 112 Å². The molecule has 236 valence electrons. The fourth-order valence-electron chi connectivity index (χ4n) is 11.1. The van der Waals surface area contributed by atoms with Crippen LogP contribution in [0.5, 0.6) is 0 Å². The highest BCUT2D eigenvalue weighted by atomic mass is 16.5. The van der Waals surface area contributed by atoms with Crippen molar-refractivity contribution < 1.29 is 19.4 Å². The van der Waals surface area contributed by atoms with Gasteiger partial charge in [-0.3, -0.25) is 9.59 Å². The number of allylic oxidation sites excluding steroid dienone is 1. The summed E-state index contributed by atoms with van der Waals surface area (Å²) in [7, 11) is 0. The third-order valence-electron chi connectivity index (χ3n) is 13.7. The lowest BCUT2D eigenvalue weighted by atomic mass is 9.47. The fraction of sp³-hybridized carbons (Fsp3) is 0.889. The molecule has 2 heterocycles. The number of hydrogen-bond acceptors (Lipinski definition) is 4. The van der Waals surface area contributed by atoms with Crippen molar-refractivity contribution in [1.82, 2.24) is 9.80 Å². The second-order valence-corrected chi connectivity index (χ2v) is 16.3. The fourth-order valence-corrected chi connectivity index (χ4v) is 11.1. The van der Waals surface area contributed by atoms with Crippen LogP contribution in [-0.4, -0.2) is 71.2 Å². The smallest absolute Gasteiger partial charge is 0.254 e. The first-order valence-corrected chi connectivity index (χ1v) is 17.5. The van der Waals surface area contributed by atoms with E-state index < -0.39 is 5.60 Å². The van der Waals surface area contributed by atoms with E-state index in [2.05, 4.69) is 31.7 Å². The van der Waals surface area contributed by atoms with E-state index in [1.165, 1.54) is 32.1 Å². The van der Waals surface area contributed by atoms with E-state index in [0.717, 1.165) is 81.8 Å². The molecule has 2 amide bonds. The molecule has 1 unspecified atom stereocenters. The highest BCUT2D eigenvalue weighted by Gasteiger charge is 2.59. The Bertz CT molecular complexity index is 1060. The van der Waals surface area contributed by atoms with E-state index in [1.807, 2.05) is 18.7 Å². The zero-order valence-corrected chi connectivity index (χ0v) is 27.2. The zero-order chi connectivity index (χ0) is 29.9. The van der Waals surface area contributed by atoms with Gasteiger partial charge in [-0.05, 0) is 131 Å². The maximum Gasteiger partial charge on any atom is 0.254 e. The second kappa shape index (κ2) is 11.5. The molecule has 6 aliphatic rings. The Labute approximate surface area is 255 Å². The molecule has 6 rings (SSSR count). The summed E-state index contributed by atoms with van der Waals surface area (Å²) in [5, 5.41) is 10.3. The minimum atomic E-state index is -0.712. The van der Waals surface area contributed by atoms with Crippen molar-refractivity contribution >= 4 is 11.8 Å². The van der Waals surface area contributed by atoms with Gasteiger partial charge in [-0.2, -0.15) is 0 Å². The highest BCUT2D eigenvalue weighted by molar-refractivity contribution is 5.85. The molecule has 2 saturated heterocycles. The van der Waals surface area contributed by atoms with Crippen LogP contribution < -0.4 is 0 Å². The van der Waals surface area contributed by atoms with Crippen LogP contribution in [0.3, 0.4) is 0 Å². The summed E-state index contributed by atoms with van der Waals surface area (Å²) >= 11 is 0. The van der Waals surface area contributed by atoms with Crippen molar-refractivity contribution in [2.24, 2.45) is 46.3 Å². The number of fused-ring (bicyclic) bond motifs is 5. The molecule has 0 aromatic rings. The maximum atomic E-state index is 13.3. The lowest BCUT2D eigenvalue weighted by Gasteiger charge is -2.58. The Hall–Kier alpha value is -1.40. The summed E-state index contributed by atoms with van der Waals surface area (Å²) in [6.07, 6.45) is 15.7. The van der Waals surface area contributed by atoms with Crippen molar-refractivity contribution in [3.8, 4) is 0 Å². The lowest BCUT2D eigenvalue weighted by Crippen LogP contribution is -2.55. The first-order valence-electron chi connectivity index (χ1n) is 17.5. The third-order valence-corrected chi connectivity index (χ3v) is 13.7. The number of morpholine rings is 1. The number of rotatable bonds is 6. The predicted octanol–water partition coefficient (Wildman–Crippen LogP) is 6.22. The van der Waals surface area contributed by atoms with Crippen LogP contribution in [0, 0.1) is 46.3 Å². The first kappa shape index (κ1) is 30.6. The van der Waals surface area contributed by atoms with Crippen molar-refractivity contribution in [2.45, 2.75) is 123 Å². The minimum Gasteiger partial charge on any atom is -0.393 e. The summed E-state index contributed by atoms with van der Waals surface area (Å²) in [5.41, 5.74) is 1.57. The molecule has 8 atom stereocenters. The Morgan fingerprint density at radius 3 is 2.55 bits per heavy atom. The SMILES string of the molecule is CC(CCC(=O)N1CCC(CN2CCOC(C)(C)C2=O)CC1)[C@H]1CC[C@H]2[C@@H]3CC=C4C[C@@H](O)CC[C@]4(C)[C@H]3CC[C@]12C. The topological polar surface area (TPSA) is 70.1 Å². The van der Waals surface area contributed by atoms with Gasteiger partial charge in [0.1, 0.15) is 5.60 Å². The highest BCUT2D eigenvalue weighted by Crippen LogP contribution is 2.67. The van der Waals surface area contributed by atoms with Crippen LogP contribution in [0.25, 0.3) is 0 Å². The quantitative estimate of drug-likeness (QED) is 0.378. The van der Waals surface area contributed by atoms with Crippen LogP contribution in [0.2, 0.25) is 0 Å². The van der Waals surface area contributed by atoms with Gasteiger partial charge in [0.25, 0.3) is 5.91 Å². The largest absolute Gasteiger partial charge is 0.393 e. The molecule has 0 spiro atoms. The Balaban J connectivity index is 0.992. The number of hydrogen-bond donors (Lipinski definition) is 1. The van der Waals surface area contributed by atoms with E-state index in [0.29, 0.717) is 48.1 Å². The standard InChI is InChI=1S/C36H58N2O4/c1-24(6-11-32(40)37-18-14-25(15-19-37)23-38-20-21-42-34(2,3)33(38)41)29-9-10-30-28-8-7-26-22-27(39)12-16-35(26,4)31(28)13-17-36(29,30)5/h7,24-25,27-31,39H,6,8-23H2,1-5H3/t24?,27-,28-,29+,30-,31-,35-,36+/m0/s1. The Morgan fingerprint density at radius 2 is 1.79 bits per heavy atom. The number of carbonyl (C=O) groups is 2. The molecule has 6 nitrogen and oxygen atoms in total. The Morgan fingerprint density at radius 1 is 1.02 bits per heavy atom. The zero-order valence-electron chi connectivity index (χ0n) is 27.2. The maximum absolute atomic E-state index is 13.3. The number of aliphatic hydroxyl groups excluding tert-OH is 1. The van der Waals surface area contributed by atoms with Gasteiger partial charge in [-0.1, -0.05) is 32.4 Å². The summed E-state index contributed by atoms with van der Waals surface area (Å²) in [4.78, 5) is 30.1. The van der Waals surface area contributed by atoms with Crippen LogP contribution >= 0.6 is 0 Å². The molecule has 4 aliphatic carbocycles. The van der Waals surface area contributed by atoms with Gasteiger partial charge in [-0.15, -0.1) is 0 Å². The number of nitrogens with zero attached hydrogens (tertiary/aromatic N) is 2. The van der Waals surface area contributed by atoms with Gasteiger partial charge < -0.3 is 19.6 Å². The summed E-state index contributed by atoms with van der Waals surface area (Å²) in [6, 6.07) is 0. The normalized spacial score (nSPS) is 41.0. The summed E-state index contributed by atoms with van der Waals surface area (Å²) in [6.45, 7) is 15.1.